The number of nitrogens with two attached hydrogens (primary N) is 1. The second-order valence-electron chi connectivity index (χ2n) is 4.68. The lowest BCUT2D eigenvalue weighted by Gasteiger charge is -2.10. The Morgan fingerprint density at radius 2 is 1.90 bits per heavy atom. The number of aryl methyl sites for hydroxylation is 1. The van der Waals surface area contributed by atoms with Crippen LogP contribution in [0.2, 0.25) is 5.02 Å². The van der Waals surface area contributed by atoms with Crippen molar-refractivity contribution in [1.82, 2.24) is 4.72 Å². The van der Waals surface area contributed by atoms with Crippen LogP contribution < -0.4 is 10.5 Å². The third-order valence-electron chi connectivity index (χ3n) is 2.94. The first-order valence-electron chi connectivity index (χ1n) is 6.54. The lowest BCUT2D eigenvalue weighted by Crippen LogP contribution is -2.25. The zero-order valence-corrected chi connectivity index (χ0v) is 13.1. The SMILES string of the molecule is Cc1cc(S(=O)(=O)NCCCCCCO)cc(N)c1Cl. The molecule has 0 aromatic heterocycles. The Morgan fingerprint density at radius 3 is 2.50 bits per heavy atom. The van der Waals surface area contributed by atoms with Gasteiger partial charge in [0.15, 0.2) is 0 Å². The van der Waals surface area contributed by atoms with E-state index in [0.717, 1.165) is 25.7 Å². The molecule has 1 aromatic rings. The Labute approximate surface area is 125 Å². The van der Waals surface area contributed by atoms with Gasteiger partial charge in [0.25, 0.3) is 0 Å². The van der Waals surface area contributed by atoms with Gasteiger partial charge >= 0.3 is 0 Å². The highest BCUT2D eigenvalue weighted by molar-refractivity contribution is 7.89. The quantitative estimate of drug-likeness (QED) is 0.505. The van der Waals surface area contributed by atoms with Gasteiger partial charge < -0.3 is 10.8 Å². The van der Waals surface area contributed by atoms with Crippen molar-refractivity contribution in [3.05, 3.63) is 22.7 Å². The van der Waals surface area contributed by atoms with E-state index in [9.17, 15) is 8.42 Å². The van der Waals surface area contributed by atoms with Gasteiger partial charge in [-0.25, -0.2) is 13.1 Å². The van der Waals surface area contributed by atoms with E-state index in [1.54, 1.807) is 6.92 Å². The van der Waals surface area contributed by atoms with E-state index < -0.39 is 10.0 Å². The Bertz CT molecular complexity index is 524. The number of rotatable bonds is 8. The van der Waals surface area contributed by atoms with Crippen molar-refractivity contribution in [1.29, 1.82) is 0 Å². The summed E-state index contributed by atoms with van der Waals surface area (Å²) in [6.07, 6.45) is 3.26. The van der Waals surface area contributed by atoms with Crippen LogP contribution >= 0.6 is 11.6 Å². The molecule has 0 amide bonds. The molecule has 0 saturated heterocycles. The smallest absolute Gasteiger partial charge is 0.240 e. The Kier molecular flexibility index (Phi) is 6.75. The van der Waals surface area contributed by atoms with Crippen LogP contribution in [-0.4, -0.2) is 26.7 Å². The first-order chi connectivity index (χ1) is 9.38. The van der Waals surface area contributed by atoms with Gasteiger partial charge in [0.1, 0.15) is 0 Å². The van der Waals surface area contributed by atoms with Gasteiger partial charge in [0.05, 0.1) is 15.6 Å². The maximum atomic E-state index is 12.1. The topological polar surface area (TPSA) is 92.4 Å². The second-order valence-corrected chi connectivity index (χ2v) is 6.82. The minimum absolute atomic E-state index is 0.132. The Balaban J connectivity index is 2.61. The minimum Gasteiger partial charge on any atom is -0.397 e. The highest BCUT2D eigenvalue weighted by Crippen LogP contribution is 2.26. The van der Waals surface area contributed by atoms with Crippen molar-refractivity contribution in [2.75, 3.05) is 18.9 Å². The number of halogens is 1. The number of aliphatic hydroxyl groups is 1. The average molecular weight is 321 g/mol. The maximum absolute atomic E-state index is 12.1. The van der Waals surface area contributed by atoms with Crippen LogP contribution in [-0.2, 0) is 10.0 Å². The van der Waals surface area contributed by atoms with Crippen LogP contribution in [0.3, 0.4) is 0 Å². The van der Waals surface area contributed by atoms with Crippen LogP contribution in [0.15, 0.2) is 17.0 Å². The molecule has 1 rings (SSSR count). The van der Waals surface area contributed by atoms with E-state index in [4.69, 9.17) is 22.4 Å². The first kappa shape index (κ1) is 17.2. The molecule has 7 heteroatoms. The van der Waals surface area contributed by atoms with Gasteiger partial charge in [-0.3, -0.25) is 0 Å². The number of hydrogen-bond donors (Lipinski definition) is 3. The van der Waals surface area contributed by atoms with Crippen molar-refractivity contribution in [2.45, 2.75) is 37.5 Å². The zero-order valence-electron chi connectivity index (χ0n) is 11.5. The van der Waals surface area contributed by atoms with Crippen molar-refractivity contribution >= 4 is 27.3 Å². The Hall–Kier alpha value is -0.820. The summed E-state index contributed by atoms with van der Waals surface area (Å²) in [5, 5.41) is 9.02. The summed E-state index contributed by atoms with van der Waals surface area (Å²) >= 11 is 5.91. The third-order valence-corrected chi connectivity index (χ3v) is 4.90. The molecule has 0 heterocycles. The summed E-state index contributed by atoms with van der Waals surface area (Å²) in [5.74, 6) is 0. The standard InChI is InChI=1S/C13H21ClN2O3S/c1-10-8-11(9-12(15)13(10)14)20(18,19)16-6-4-2-3-5-7-17/h8-9,16-17H,2-7,15H2,1H3. The molecule has 0 aliphatic heterocycles. The summed E-state index contributed by atoms with van der Waals surface area (Å²) in [4.78, 5) is 0.132. The molecule has 0 unspecified atom stereocenters. The van der Waals surface area contributed by atoms with Crippen LogP contribution in [0, 0.1) is 6.92 Å². The van der Waals surface area contributed by atoms with Gasteiger partial charge in [-0.2, -0.15) is 0 Å². The molecule has 0 atom stereocenters. The van der Waals surface area contributed by atoms with E-state index in [1.165, 1.54) is 12.1 Å². The van der Waals surface area contributed by atoms with Crippen LogP contribution in [0.5, 0.6) is 0 Å². The molecule has 0 aliphatic rings. The van der Waals surface area contributed by atoms with E-state index >= 15 is 0 Å². The predicted molar refractivity (Wildman–Crippen MR) is 81.3 cm³/mol. The van der Waals surface area contributed by atoms with Gasteiger partial charge in [-0.05, 0) is 37.5 Å². The van der Waals surface area contributed by atoms with E-state index in [2.05, 4.69) is 4.72 Å². The van der Waals surface area contributed by atoms with Gasteiger partial charge in [0, 0.05) is 13.2 Å². The Morgan fingerprint density at radius 1 is 1.25 bits per heavy atom. The lowest BCUT2D eigenvalue weighted by molar-refractivity contribution is 0.282. The molecule has 0 radical (unpaired) electrons. The summed E-state index contributed by atoms with van der Waals surface area (Å²) in [6, 6.07) is 2.87. The summed E-state index contributed by atoms with van der Waals surface area (Å²) in [6.45, 7) is 2.26. The van der Waals surface area contributed by atoms with Crippen LogP contribution in [0.25, 0.3) is 0 Å². The molecule has 0 fully saturated rings. The van der Waals surface area contributed by atoms with Crippen LogP contribution in [0.1, 0.15) is 31.2 Å². The number of anilines is 1. The third kappa shape index (κ3) is 4.94. The fraction of sp³-hybridized carbons (Fsp3) is 0.538. The fourth-order valence-electron chi connectivity index (χ4n) is 1.80. The van der Waals surface area contributed by atoms with Crippen molar-refractivity contribution in [2.24, 2.45) is 0 Å². The molecule has 4 N–H and O–H groups in total. The van der Waals surface area contributed by atoms with E-state index in [-0.39, 0.29) is 17.2 Å². The minimum atomic E-state index is -3.55. The van der Waals surface area contributed by atoms with Gasteiger partial charge in [-0.15, -0.1) is 0 Å². The predicted octanol–water partition coefficient (Wildman–Crippen LogP) is 2.06. The summed E-state index contributed by atoms with van der Waals surface area (Å²) in [7, 11) is -3.55. The van der Waals surface area contributed by atoms with Crippen molar-refractivity contribution in [3.8, 4) is 0 Å². The zero-order chi connectivity index (χ0) is 15.2. The highest BCUT2D eigenvalue weighted by atomic mass is 35.5. The largest absolute Gasteiger partial charge is 0.397 e. The first-order valence-corrected chi connectivity index (χ1v) is 8.40. The van der Waals surface area contributed by atoms with Crippen molar-refractivity contribution in [3.63, 3.8) is 0 Å². The molecule has 0 bridgehead atoms. The number of hydrogen-bond acceptors (Lipinski definition) is 4. The number of nitrogens with one attached hydrogen (secondary N) is 1. The molecular weight excluding hydrogens is 300 g/mol. The maximum Gasteiger partial charge on any atom is 0.240 e. The normalized spacial score (nSPS) is 11.8. The molecule has 1 aromatic carbocycles. The van der Waals surface area contributed by atoms with Crippen molar-refractivity contribution < 1.29 is 13.5 Å². The molecular formula is C13H21ClN2O3S. The number of sulfonamides is 1. The van der Waals surface area contributed by atoms with Gasteiger partial charge in [-0.1, -0.05) is 24.4 Å². The van der Waals surface area contributed by atoms with Gasteiger partial charge in [0.2, 0.25) is 10.0 Å². The molecule has 20 heavy (non-hydrogen) atoms. The fourth-order valence-corrected chi connectivity index (χ4v) is 3.10. The summed E-state index contributed by atoms with van der Waals surface area (Å²) in [5.41, 5.74) is 6.57. The average Bonchev–Trinajstić information content (AvgIpc) is 2.39. The number of unbranched alkanes of at least 4 members (excludes halogenated alkanes) is 3. The molecule has 5 nitrogen and oxygen atoms in total. The lowest BCUT2D eigenvalue weighted by atomic mass is 10.2. The van der Waals surface area contributed by atoms with E-state index in [0.29, 0.717) is 17.1 Å². The molecule has 0 spiro atoms. The molecule has 0 aliphatic carbocycles. The van der Waals surface area contributed by atoms with Crippen LogP contribution in [0.4, 0.5) is 5.69 Å². The highest BCUT2D eigenvalue weighted by Gasteiger charge is 2.16. The molecule has 0 saturated carbocycles. The number of benzene rings is 1. The number of aliphatic hydroxyl groups excluding tert-OH is 1. The summed E-state index contributed by atoms with van der Waals surface area (Å²) < 4.78 is 26.7. The monoisotopic (exact) mass is 320 g/mol. The molecule has 114 valence electrons. The second kappa shape index (κ2) is 7.83. The van der Waals surface area contributed by atoms with E-state index in [1.807, 2.05) is 0 Å². The number of nitrogen functional groups attached to an aromatic ring is 1.